The van der Waals surface area contributed by atoms with Crippen molar-refractivity contribution in [1.29, 1.82) is 0 Å². The Hall–Kier alpha value is -3.23. The van der Waals surface area contributed by atoms with E-state index in [0.717, 1.165) is 17.5 Å². The van der Waals surface area contributed by atoms with Gasteiger partial charge >= 0.3 is 0 Å². The van der Waals surface area contributed by atoms with Gasteiger partial charge in [-0.15, -0.1) is 0 Å². The maximum absolute atomic E-state index is 12.5. The third-order valence-corrected chi connectivity index (χ3v) is 6.42. The molecule has 4 N–H and O–H groups in total. The highest BCUT2D eigenvalue weighted by Gasteiger charge is 2.31. The predicted molar refractivity (Wildman–Crippen MR) is 124 cm³/mol. The second kappa shape index (κ2) is 11.1. The van der Waals surface area contributed by atoms with Crippen LogP contribution in [0, 0.1) is 5.92 Å². The molecule has 2 aromatic rings. The Morgan fingerprint density at radius 2 is 1.48 bits per heavy atom. The van der Waals surface area contributed by atoms with E-state index in [9.17, 15) is 14.4 Å². The quantitative estimate of drug-likeness (QED) is 0.502. The first-order valence-corrected chi connectivity index (χ1v) is 11.6. The molecule has 2 aliphatic rings. The van der Waals surface area contributed by atoms with Crippen LogP contribution in [-0.4, -0.2) is 41.8 Å². The molecule has 8 heteroatoms. The first kappa shape index (κ1) is 22.9. The van der Waals surface area contributed by atoms with E-state index in [1.54, 1.807) is 0 Å². The first-order chi connectivity index (χ1) is 16.1. The monoisotopic (exact) mass is 449 g/mol. The molecule has 0 aromatic heterocycles. The zero-order valence-electron chi connectivity index (χ0n) is 18.6. The molecular weight excluding hydrogens is 418 g/mol. The summed E-state index contributed by atoms with van der Waals surface area (Å²) in [7, 11) is 0. The van der Waals surface area contributed by atoms with Crippen LogP contribution in [0.15, 0.2) is 60.7 Å². The van der Waals surface area contributed by atoms with Crippen molar-refractivity contribution in [2.75, 3.05) is 13.1 Å². The van der Waals surface area contributed by atoms with Crippen molar-refractivity contribution in [2.45, 2.75) is 44.2 Å². The summed E-state index contributed by atoms with van der Waals surface area (Å²) in [4.78, 5) is 39.3. The molecule has 2 heterocycles. The third kappa shape index (κ3) is 6.18. The molecule has 3 amide bonds. The van der Waals surface area contributed by atoms with Gasteiger partial charge in [0.1, 0.15) is 6.04 Å². The van der Waals surface area contributed by atoms with E-state index in [4.69, 9.17) is 0 Å². The van der Waals surface area contributed by atoms with E-state index in [-0.39, 0.29) is 29.7 Å². The second-order valence-electron chi connectivity index (χ2n) is 8.66. The lowest BCUT2D eigenvalue weighted by molar-refractivity contribution is -0.136. The number of piperidine rings is 1. The fourth-order valence-electron chi connectivity index (χ4n) is 4.39. The Labute approximate surface area is 194 Å². The van der Waals surface area contributed by atoms with Gasteiger partial charge < -0.3 is 4.90 Å². The molecule has 0 aliphatic carbocycles. The number of nitrogens with one attached hydrogen (secondary N) is 4. The van der Waals surface area contributed by atoms with Gasteiger partial charge in [0.2, 0.25) is 11.8 Å². The third-order valence-electron chi connectivity index (χ3n) is 6.42. The van der Waals surface area contributed by atoms with Crippen LogP contribution >= 0.6 is 0 Å². The van der Waals surface area contributed by atoms with Crippen LogP contribution in [-0.2, 0) is 20.8 Å². The van der Waals surface area contributed by atoms with Gasteiger partial charge in [-0.05, 0) is 36.8 Å². The van der Waals surface area contributed by atoms with Gasteiger partial charge in [-0.3, -0.25) is 25.2 Å². The summed E-state index contributed by atoms with van der Waals surface area (Å²) in [6.45, 7) is 1.12. The fraction of sp³-hybridized carbons (Fsp3) is 0.400. The van der Waals surface area contributed by atoms with Crippen molar-refractivity contribution in [2.24, 2.45) is 5.92 Å². The molecule has 2 aliphatic heterocycles. The summed E-state index contributed by atoms with van der Waals surface area (Å²) < 4.78 is 0. The number of likely N-dealkylation sites (tertiary alicyclic amines) is 1. The zero-order valence-corrected chi connectivity index (χ0v) is 18.6. The number of amides is 3. The number of carbonyl (C=O) groups excluding carboxylic acids is 3. The van der Waals surface area contributed by atoms with Crippen molar-refractivity contribution in [3.8, 4) is 0 Å². The normalized spacial score (nSPS) is 20.9. The molecule has 2 fully saturated rings. The Morgan fingerprint density at radius 1 is 0.848 bits per heavy atom. The average Bonchev–Trinajstić information content (AvgIpc) is 3.37. The summed E-state index contributed by atoms with van der Waals surface area (Å²) >= 11 is 0. The molecule has 174 valence electrons. The molecule has 4 rings (SSSR count). The molecular formula is C25H31N5O3. The minimum Gasteiger partial charge on any atom is -0.343 e. The van der Waals surface area contributed by atoms with Gasteiger partial charge in [0, 0.05) is 31.5 Å². The Bertz CT molecular complexity index is 945. The lowest BCUT2D eigenvalue weighted by atomic mass is 9.95. The van der Waals surface area contributed by atoms with Crippen molar-refractivity contribution in [1.82, 2.24) is 26.6 Å². The van der Waals surface area contributed by atoms with E-state index in [0.29, 0.717) is 38.8 Å². The van der Waals surface area contributed by atoms with Gasteiger partial charge in [-0.25, -0.2) is 10.9 Å². The van der Waals surface area contributed by atoms with Crippen LogP contribution < -0.4 is 21.7 Å². The number of carbonyl (C=O) groups is 3. The molecule has 33 heavy (non-hydrogen) atoms. The molecule has 8 nitrogen and oxygen atoms in total. The Balaban J connectivity index is 1.15. The number of rotatable bonds is 6. The van der Waals surface area contributed by atoms with Gasteiger partial charge in [0.25, 0.3) is 5.91 Å². The predicted octanol–water partition coefficient (Wildman–Crippen LogP) is 1.61. The highest BCUT2D eigenvalue weighted by atomic mass is 16.2. The second-order valence-corrected chi connectivity index (χ2v) is 8.66. The van der Waals surface area contributed by atoms with Crippen LogP contribution in [0.3, 0.4) is 0 Å². The molecule has 2 saturated heterocycles. The first-order valence-electron chi connectivity index (χ1n) is 11.6. The standard InChI is InChI=1S/C25H31N5O3/c31-23(12-11-18-7-3-1-4-8-18)30-15-13-20(14-16-30)24(32)28-29-25(33)22-17-21(26-27-22)19-9-5-2-6-10-19/h1-10,20-22,26-27H,11-17H2,(H,28,32)(H,29,33). The number of nitrogens with zero attached hydrogens (tertiary/aromatic N) is 1. The van der Waals surface area contributed by atoms with E-state index in [1.165, 1.54) is 0 Å². The summed E-state index contributed by atoms with van der Waals surface area (Å²) in [5.41, 5.74) is 13.5. The number of hydrogen-bond donors (Lipinski definition) is 4. The minimum absolute atomic E-state index is 0.0430. The van der Waals surface area contributed by atoms with Crippen molar-refractivity contribution >= 4 is 17.7 Å². The lowest BCUT2D eigenvalue weighted by Gasteiger charge is -2.31. The molecule has 2 aromatic carbocycles. The molecule has 0 spiro atoms. The molecule has 0 bridgehead atoms. The van der Waals surface area contributed by atoms with Gasteiger partial charge in [-0.2, -0.15) is 0 Å². The van der Waals surface area contributed by atoms with E-state index < -0.39 is 6.04 Å². The largest absolute Gasteiger partial charge is 0.343 e. The summed E-state index contributed by atoms with van der Waals surface area (Å²) in [6, 6.07) is 19.5. The van der Waals surface area contributed by atoms with Crippen LogP contribution in [0.5, 0.6) is 0 Å². The molecule has 0 saturated carbocycles. The summed E-state index contributed by atoms with van der Waals surface area (Å²) in [5, 5.41) is 0. The maximum atomic E-state index is 12.5. The summed E-state index contributed by atoms with van der Waals surface area (Å²) in [6.07, 6.45) is 2.98. The van der Waals surface area contributed by atoms with Crippen molar-refractivity contribution < 1.29 is 14.4 Å². The van der Waals surface area contributed by atoms with Crippen molar-refractivity contribution in [3.05, 3.63) is 71.8 Å². The van der Waals surface area contributed by atoms with Crippen LogP contribution in [0.4, 0.5) is 0 Å². The van der Waals surface area contributed by atoms with Crippen LogP contribution in [0.2, 0.25) is 0 Å². The molecule has 2 atom stereocenters. The average molecular weight is 450 g/mol. The highest BCUT2D eigenvalue weighted by molar-refractivity contribution is 5.86. The summed E-state index contributed by atoms with van der Waals surface area (Å²) in [5.74, 6) is -0.567. The van der Waals surface area contributed by atoms with E-state index in [2.05, 4.69) is 21.7 Å². The number of hydrazine groups is 2. The van der Waals surface area contributed by atoms with Crippen LogP contribution in [0.1, 0.15) is 42.9 Å². The molecule has 2 unspecified atom stereocenters. The smallest absolute Gasteiger partial charge is 0.256 e. The molecule has 0 radical (unpaired) electrons. The van der Waals surface area contributed by atoms with Crippen LogP contribution in [0.25, 0.3) is 0 Å². The number of hydrogen-bond acceptors (Lipinski definition) is 5. The SMILES string of the molecule is O=C(NNC(=O)C1CC(c2ccccc2)NN1)C1CCN(C(=O)CCc2ccccc2)CC1. The highest BCUT2D eigenvalue weighted by Crippen LogP contribution is 2.22. The lowest BCUT2D eigenvalue weighted by Crippen LogP contribution is -2.52. The fourth-order valence-corrected chi connectivity index (χ4v) is 4.39. The van der Waals surface area contributed by atoms with Gasteiger partial charge in [-0.1, -0.05) is 60.7 Å². The van der Waals surface area contributed by atoms with E-state index in [1.807, 2.05) is 65.6 Å². The maximum Gasteiger partial charge on any atom is 0.256 e. The van der Waals surface area contributed by atoms with E-state index >= 15 is 0 Å². The van der Waals surface area contributed by atoms with Crippen molar-refractivity contribution in [3.63, 3.8) is 0 Å². The minimum atomic E-state index is -0.431. The van der Waals surface area contributed by atoms with Gasteiger partial charge in [0.05, 0.1) is 0 Å². The topological polar surface area (TPSA) is 103 Å². The number of benzene rings is 2. The Kier molecular flexibility index (Phi) is 7.70. The number of aryl methyl sites for hydroxylation is 1. The van der Waals surface area contributed by atoms with Gasteiger partial charge in [0.15, 0.2) is 0 Å². The Morgan fingerprint density at radius 3 is 2.18 bits per heavy atom. The zero-order chi connectivity index (χ0) is 23.0.